The van der Waals surface area contributed by atoms with Gasteiger partial charge in [0.15, 0.2) is 5.58 Å². The van der Waals surface area contributed by atoms with Crippen LogP contribution in [0.4, 0.5) is 5.69 Å². The van der Waals surface area contributed by atoms with Crippen molar-refractivity contribution in [2.45, 2.75) is 0 Å². The van der Waals surface area contributed by atoms with E-state index in [-0.39, 0.29) is 11.4 Å². The van der Waals surface area contributed by atoms with Crippen LogP contribution in [0, 0.1) is 0 Å². The van der Waals surface area contributed by atoms with E-state index in [1.54, 1.807) is 0 Å². The van der Waals surface area contributed by atoms with E-state index < -0.39 is 4.94 Å². The number of amides is 1. The van der Waals surface area contributed by atoms with E-state index in [1.165, 1.54) is 12.1 Å². The fourth-order valence-corrected chi connectivity index (χ4v) is 1.78. The monoisotopic (exact) mass is 211 g/mol. The van der Waals surface area contributed by atoms with Crippen molar-refractivity contribution in [2.24, 2.45) is 0 Å². The lowest BCUT2D eigenvalue weighted by atomic mass is 10.3. The molecule has 72 valence electrons. The summed E-state index contributed by atoms with van der Waals surface area (Å²) in [5, 5.41) is 11.7. The summed E-state index contributed by atoms with van der Waals surface area (Å²) in [6.07, 6.45) is 0.448. The summed E-state index contributed by atoms with van der Waals surface area (Å²) in [6, 6.07) is 2.77. The molecule has 0 saturated heterocycles. The highest BCUT2D eigenvalue weighted by Crippen LogP contribution is 2.30. The zero-order valence-corrected chi connectivity index (χ0v) is 7.63. The van der Waals surface area contributed by atoms with Crippen molar-refractivity contribution < 1.29 is 14.3 Å². The molecule has 6 heteroatoms. The van der Waals surface area contributed by atoms with Gasteiger partial charge in [-0.15, -0.1) is 0 Å². The van der Waals surface area contributed by atoms with E-state index >= 15 is 0 Å². The first-order valence-corrected chi connectivity index (χ1v) is 4.49. The lowest BCUT2D eigenvalue weighted by Gasteiger charge is -2.00. The third-order valence-corrected chi connectivity index (χ3v) is 2.45. The number of carbonyl (C=O) groups is 1. The highest BCUT2D eigenvalue weighted by molar-refractivity contribution is 7.16. The predicted molar refractivity (Wildman–Crippen MR) is 51.7 cm³/mol. The van der Waals surface area contributed by atoms with Crippen LogP contribution >= 0.6 is 11.3 Å². The van der Waals surface area contributed by atoms with Crippen LogP contribution in [0.1, 0.15) is 0 Å². The van der Waals surface area contributed by atoms with Crippen LogP contribution in [-0.2, 0) is 4.79 Å². The van der Waals surface area contributed by atoms with Crippen molar-refractivity contribution >= 4 is 33.7 Å². The van der Waals surface area contributed by atoms with Gasteiger partial charge >= 0.3 is 4.94 Å². The number of phenolic OH excluding ortho intramolecular Hbond substituents is 1. The summed E-state index contributed by atoms with van der Waals surface area (Å²) in [6.45, 7) is 0. The van der Waals surface area contributed by atoms with Gasteiger partial charge in [-0.05, 0) is 6.07 Å². The summed E-state index contributed by atoms with van der Waals surface area (Å²) < 4.78 is 5.35. The third kappa shape index (κ3) is 1.35. The molecule has 0 aliphatic carbocycles. The molecule has 1 amide bonds. The molecule has 2 rings (SSSR count). The van der Waals surface area contributed by atoms with Crippen molar-refractivity contribution in [3.05, 3.63) is 21.9 Å². The number of rotatable bonds is 2. The molecule has 0 unspecified atom stereocenters. The fourth-order valence-electron chi connectivity index (χ4n) is 1.09. The second-order valence-electron chi connectivity index (χ2n) is 2.53. The van der Waals surface area contributed by atoms with E-state index in [0.717, 1.165) is 11.3 Å². The molecule has 5 nitrogen and oxygen atoms in total. The second kappa shape index (κ2) is 3.15. The maximum Gasteiger partial charge on any atom is 0.396 e. The number of aromatic hydroxyl groups is 1. The van der Waals surface area contributed by atoms with Gasteiger partial charge in [-0.1, -0.05) is 11.3 Å². The molecule has 1 heterocycles. The van der Waals surface area contributed by atoms with E-state index in [0.29, 0.717) is 16.7 Å². The van der Waals surface area contributed by atoms with Crippen molar-refractivity contribution in [2.75, 3.05) is 5.32 Å². The lowest BCUT2D eigenvalue weighted by molar-refractivity contribution is -0.105. The average molecular weight is 211 g/mol. The minimum absolute atomic E-state index is 0.133. The Morgan fingerprint density at radius 1 is 1.50 bits per heavy atom. The molecule has 0 aliphatic heterocycles. The Morgan fingerprint density at radius 3 is 3.00 bits per heavy atom. The van der Waals surface area contributed by atoms with Gasteiger partial charge in [0.05, 0.1) is 10.4 Å². The lowest BCUT2D eigenvalue weighted by Crippen LogP contribution is -1.93. The molecular weight excluding hydrogens is 206 g/mol. The van der Waals surface area contributed by atoms with Gasteiger partial charge in [0.2, 0.25) is 6.41 Å². The number of fused-ring (bicyclic) bond motifs is 1. The van der Waals surface area contributed by atoms with Gasteiger partial charge in [-0.3, -0.25) is 4.79 Å². The number of carbonyl (C=O) groups excluding carboxylic acids is 1. The average Bonchev–Trinajstić information content (AvgIpc) is 2.45. The molecule has 0 atom stereocenters. The number of benzene rings is 1. The van der Waals surface area contributed by atoms with E-state index in [9.17, 15) is 14.7 Å². The molecule has 0 spiro atoms. The number of hydrogen-bond donors (Lipinski definition) is 2. The Kier molecular flexibility index (Phi) is 1.97. The van der Waals surface area contributed by atoms with Crippen LogP contribution in [0.5, 0.6) is 5.75 Å². The predicted octanol–water partition coefficient (Wildman–Crippen LogP) is 1.13. The normalized spacial score (nSPS) is 10.3. The Hall–Kier alpha value is -1.82. The summed E-state index contributed by atoms with van der Waals surface area (Å²) in [7, 11) is 0. The number of nitrogens with one attached hydrogen (secondary N) is 1. The van der Waals surface area contributed by atoms with Crippen LogP contribution in [-0.4, -0.2) is 11.5 Å². The molecule has 0 radical (unpaired) electrons. The first-order valence-electron chi connectivity index (χ1n) is 3.67. The Bertz CT molecular complexity index is 542. The first kappa shape index (κ1) is 8.76. The Labute approximate surface area is 81.6 Å². The SMILES string of the molecule is O=CNc1cc2sc(=O)oc2cc1O. The van der Waals surface area contributed by atoms with Crippen molar-refractivity contribution in [1.82, 2.24) is 0 Å². The van der Waals surface area contributed by atoms with Gasteiger partial charge in [-0.25, -0.2) is 4.79 Å². The standard InChI is InChI=1S/C8H5NO4S/c10-3-9-4-1-7-6(2-5(4)11)13-8(12)14-7/h1-3,11H,(H,9,10). The molecule has 1 aromatic heterocycles. The molecular formula is C8H5NO4S. The quantitative estimate of drug-likeness (QED) is 0.576. The molecule has 0 saturated carbocycles. The van der Waals surface area contributed by atoms with Crippen LogP contribution < -0.4 is 10.3 Å². The molecule has 2 aromatic rings. The number of hydrogen-bond acceptors (Lipinski definition) is 5. The summed E-state index contributed by atoms with van der Waals surface area (Å²) in [5.74, 6) is -0.133. The first-order chi connectivity index (χ1) is 6.70. The fraction of sp³-hybridized carbons (Fsp3) is 0. The van der Waals surface area contributed by atoms with Crippen molar-refractivity contribution in [3.63, 3.8) is 0 Å². The Balaban J connectivity index is 2.69. The minimum atomic E-state index is -0.442. The Morgan fingerprint density at radius 2 is 2.29 bits per heavy atom. The van der Waals surface area contributed by atoms with Crippen molar-refractivity contribution in [3.8, 4) is 5.75 Å². The zero-order valence-electron chi connectivity index (χ0n) is 6.81. The van der Waals surface area contributed by atoms with Gasteiger partial charge in [0, 0.05) is 6.07 Å². The molecule has 0 aliphatic rings. The number of anilines is 1. The van der Waals surface area contributed by atoms with Crippen LogP contribution in [0.3, 0.4) is 0 Å². The van der Waals surface area contributed by atoms with Crippen LogP contribution in [0.15, 0.2) is 21.3 Å². The molecule has 0 bridgehead atoms. The van der Waals surface area contributed by atoms with Gasteiger partial charge in [0.1, 0.15) is 5.75 Å². The van der Waals surface area contributed by atoms with Gasteiger partial charge < -0.3 is 14.8 Å². The van der Waals surface area contributed by atoms with Crippen LogP contribution in [0.2, 0.25) is 0 Å². The highest BCUT2D eigenvalue weighted by Gasteiger charge is 2.07. The van der Waals surface area contributed by atoms with Crippen molar-refractivity contribution in [1.29, 1.82) is 0 Å². The smallest absolute Gasteiger partial charge is 0.396 e. The summed E-state index contributed by atoms with van der Waals surface area (Å²) >= 11 is 0.912. The van der Waals surface area contributed by atoms with Gasteiger partial charge in [0.25, 0.3) is 0 Å². The largest absolute Gasteiger partial charge is 0.506 e. The van der Waals surface area contributed by atoms with Gasteiger partial charge in [-0.2, -0.15) is 0 Å². The molecule has 2 N–H and O–H groups in total. The molecule has 14 heavy (non-hydrogen) atoms. The number of phenols is 1. The third-order valence-electron chi connectivity index (χ3n) is 1.66. The summed E-state index contributed by atoms with van der Waals surface area (Å²) in [5.41, 5.74) is 0.568. The topological polar surface area (TPSA) is 79.5 Å². The minimum Gasteiger partial charge on any atom is -0.506 e. The highest BCUT2D eigenvalue weighted by atomic mass is 32.1. The molecule has 0 fully saturated rings. The van der Waals surface area contributed by atoms with E-state index in [1.807, 2.05) is 0 Å². The zero-order chi connectivity index (χ0) is 10.1. The second-order valence-corrected chi connectivity index (χ2v) is 3.51. The maximum atomic E-state index is 10.8. The maximum absolute atomic E-state index is 10.8. The van der Waals surface area contributed by atoms with Crippen LogP contribution in [0.25, 0.3) is 10.3 Å². The summed E-state index contributed by atoms with van der Waals surface area (Å²) in [4.78, 5) is 20.6. The van der Waals surface area contributed by atoms with E-state index in [2.05, 4.69) is 5.32 Å². The molecule has 1 aromatic carbocycles. The van der Waals surface area contributed by atoms with E-state index in [4.69, 9.17) is 4.42 Å².